The van der Waals surface area contributed by atoms with E-state index in [1.165, 1.54) is 5.39 Å². The third kappa shape index (κ3) is 1.89. The molecule has 0 aliphatic rings. The maximum atomic E-state index is 10.3. The molecule has 0 saturated carbocycles. The molecule has 3 nitrogen and oxygen atoms in total. The molecule has 0 aliphatic heterocycles. The molecule has 3 heteroatoms. The van der Waals surface area contributed by atoms with Gasteiger partial charge in [-0.05, 0) is 28.5 Å². The summed E-state index contributed by atoms with van der Waals surface area (Å²) in [4.78, 5) is 0. The Labute approximate surface area is 105 Å². The number of aliphatic hydroxyl groups excluding tert-OH is 1. The Morgan fingerprint density at radius 3 is 2.56 bits per heavy atom. The van der Waals surface area contributed by atoms with E-state index in [1.807, 2.05) is 55.7 Å². The first-order chi connectivity index (χ1) is 8.74. The lowest BCUT2D eigenvalue weighted by molar-refractivity contribution is 0.214. The first-order valence-corrected chi connectivity index (χ1v) is 5.90. The minimum atomic E-state index is -0.671. The Bertz CT molecular complexity index is 688. The molecule has 0 aliphatic carbocycles. The number of rotatable bonds is 2. The van der Waals surface area contributed by atoms with Crippen LogP contribution in [-0.2, 0) is 7.05 Å². The molecular formula is C15H14N2O. The summed E-state index contributed by atoms with van der Waals surface area (Å²) in [5, 5.41) is 16.8. The third-order valence-electron chi connectivity index (χ3n) is 3.10. The molecule has 90 valence electrons. The van der Waals surface area contributed by atoms with E-state index < -0.39 is 6.10 Å². The van der Waals surface area contributed by atoms with Gasteiger partial charge in [0.25, 0.3) is 0 Å². The van der Waals surface area contributed by atoms with Crippen LogP contribution in [0.1, 0.15) is 17.4 Å². The second kappa shape index (κ2) is 4.27. The van der Waals surface area contributed by atoms with Gasteiger partial charge in [-0.3, -0.25) is 4.68 Å². The SMILES string of the molecule is Cn1ccc(C(O)c2ccc3ccccc3c2)n1. The molecule has 0 saturated heterocycles. The summed E-state index contributed by atoms with van der Waals surface area (Å²) in [7, 11) is 1.84. The molecule has 1 unspecified atom stereocenters. The van der Waals surface area contributed by atoms with E-state index >= 15 is 0 Å². The minimum Gasteiger partial charge on any atom is -0.382 e. The third-order valence-corrected chi connectivity index (χ3v) is 3.10. The number of aryl methyl sites for hydroxylation is 1. The van der Waals surface area contributed by atoms with Gasteiger partial charge >= 0.3 is 0 Å². The van der Waals surface area contributed by atoms with Gasteiger partial charge in [0.1, 0.15) is 6.10 Å². The highest BCUT2D eigenvalue weighted by atomic mass is 16.3. The Balaban J connectivity index is 2.03. The fourth-order valence-corrected chi connectivity index (χ4v) is 2.13. The summed E-state index contributed by atoms with van der Waals surface area (Å²) in [6, 6.07) is 15.9. The summed E-state index contributed by atoms with van der Waals surface area (Å²) in [5.41, 5.74) is 1.54. The van der Waals surface area contributed by atoms with Crippen LogP contribution in [0.25, 0.3) is 10.8 Å². The number of hydrogen-bond acceptors (Lipinski definition) is 2. The van der Waals surface area contributed by atoms with Crippen molar-refractivity contribution in [2.45, 2.75) is 6.10 Å². The van der Waals surface area contributed by atoms with Gasteiger partial charge in [0.2, 0.25) is 0 Å². The Morgan fingerprint density at radius 2 is 1.83 bits per heavy atom. The van der Waals surface area contributed by atoms with E-state index in [9.17, 15) is 5.11 Å². The molecular weight excluding hydrogens is 224 g/mol. The van der Waals surface area contributed by atoms with Crippen molar-refractivity contribution in [1.29, 1.82) is 0 Å². The molecule has 0 fully saturated rings. The molecule has 1 atom stereocenters. The van der Waals surface area contributed by atoms with E-state index in [2.05, 4.69) is 11.2 Å². The van der Waals surface area contributed by atoms with Crippen molar-refractivity contribution < 1.29 is 5.11 Å². The molecule has 0 radical (unpaired) electrons. The predicted molar refractivity (Wildman–Crippen MR) is 71.2 cm³/mol. The van der Waals surface area contributed by atoms with Gasteiger partial charge in [-0.1, -0.05) is 36.4 Å². The first kappa shape index (κ1) is 11.0. The van der Waals surface area contributed by atoms with Crippen molar-refractivity contribution in [3.05, 3.63) is 66.0 Å². The number of hydrogen-bond donors (Lipinski definition) is 1. The Kier molecular flexibility index (Phi) is 2.61. The van der Waals surface area contributed by atoms with E-state index in [0.717, 1.165) is 10.9 Å². The lowest BCUT2D eigenvalue weighted by atomic mass is 10.0. The maximum Gasteiger partial charge on any atom is 0.123 e. The molecule has 1 heterocycles. The smallest absolute Gasteiger partial charge is 0.123 e. The highest BCUT2D eigenvalue weighted by Gasteiger charge is 2.13. The highest BCUT2D eigenvalue weighted by molar-refractivity contribution is 5.83. The summed E-state index contributed by atoms with van der Waals surface area (Å²) in [6.07, 6.45) is 1.16. The first-order valence-electron chi connectivity index (χ1n) is 5.90. The van der Waals surface area contributed by atoms with Crippen molar-refractivity contribution in [1.82, 2.24) is 9.78 Å². The second-order valence-electron chi connectivity index (χ2n) is 4.42. The zero-order chi connectivity index (χ0) is 12.5. The van der Waals surface area contributed by atoms with Crippen LogP contribution in [0.4, 0.5) is 0 Å². The van der Waals surface area contributed by atoms with Crippen molar-refractivity contribution in [3.8, 4) is 0 Å². The van der Waals surface area contributed by atoms with Gasteiger partial charge in [-0.15, -0.1) is 0 Å². The van der Waals surface area contributed by atoms with Gasteiger partial charge in [0.05, 0.1) is 5.69 Å². The van der Waals surface area contributed by atoms with Gasteiger partial charge in [0.15, 0.2) is 0 Å². The topological polar surface area (TPSA) is 38.0 Å². The number of nitrogens with zero attached hydrogens (tertiary/aromatic N) is 2. The van der Waals surface area contributed by atoms with Crippen molar-refractivity contribution in [3.63, 3.8) is 0 Å². The number of aliphatic hydroxyl groups is 1. The molecule has 2 aromatic carbocycles. The molecule has 3 aromatic rings. The van der Waals surface area contributed by atoms with Crippen LogP contribution in [0.3, 0.4) is 0 Å². The highest BCUT2D eigenvalue weighted by Crippen LogP contribution is 2.24. The fourth-order valence-electron chi connectivity index (χ4n) is 2.13. The zero-order valence-electron chi connectivity index (χ0n) is 10.1. The monoisotopic (exact) mass is 238 g/mol. The van der Waals surface area contributed by atoms with Crippen LogP contribution in [0.2, 0.25) is 0 Å². The molecule has 1 aromatic heterocycles. The normalized spacial score (nSPS) is 12.8. The maximum absolute atomic E-state index is 10.3. The average molecular weight is 238 g/mol. The van der Waals surface area contributed by atoms with Crippen LogP contribution in [0.5, 0.6) is 0 Å². The zero-order valence-corrected chi connectivity index (χ0v) is 10.1. The average Bonchev–Trinajstić information content (AvgIpc) is 2.84. The van der Waals surface area contributed by atoms with E-state index in [-0.39, 0.29) is 0 Å². The van der Waals surface area contributed by atoms with E-state index in [1.54, 1.807) is 4.68 Å². The van der Waals surface area contributed by atoms with Gasteiger partial charge in [0, 0.05) is 13.2 Å². The van der Waals surface area contributed by atoms with E-state index in [4.69, 9.17) is 0 Å². The molecule has 18 heavy (non-hydrogen) atoms. The van der Waals surface area contributed by atoms with Gasteiger partial charge in [-0.2, -0.15) is 5.10 Å². The molecule has 1 N–H and O–H groups in total. The standard InChI is InChI=1S/C15H14N2O/c1-17-9-8-14(16-17)15(18)13-7-6-11-4-2-3-5-12(11)10-13/h2-10,15,18H,1H3. The Hall–Kier alpha value is -2.13. The van der Waals surface area contributed by atoms with Gasteiger partial charge in [-0.25, -0.2) is 0 Å². The predicted octanol–water partition coefficient (Wildman–Crippen LogP) is 2.66. The molecule has 0 spiro atoms. The fraction of sp³-hybridized carbons (Fsp3) is 0.133. The number of aromatic nitrogens is 2. The molecule has 0 bridgehead atoms. The Morgan fingerprint density at radius 1 is 1.06 bits per heavy atom. The molecule has 0 amide bonds. The largest absolute Gasteiger partial charge is 0.382 e. The van der Waals surface area contributed by atoms with Crippen molar-refractivity contribution in [2.24, 2.45) is 7.05 Å². The van der Waals surface area contributed by atoms with Crippen LogP contribution in [0.15, 0.2) is 54.7 Å². The number of benzene rings is 2. The van der Waals surface area contributed by atoms with Gasteiger partial charge < -0.3 is 5.11 Å². The minimum absolute atomic E-state index is 0.671. The second-order valence-corrected chi connectivity index (χ2v) is 4.42. The van der Waals surface area contributed by atoms with Crippen molar-refractivity contribution >= 4 is 10.8 Å². The lowest BCUT2D eigenvalue weighted by Crippen LogP contribution is -2.01. The number of fused-ring (bicyclic) bond motifs is 1. The summed E-state index contributed by atoms with van der Waals surface area (Å²) in [6.45, 7) is 0. The van der Waals surface area contributed by atoms with E-state index in [0.29, 0.717) is 5.69 Å². The van der Waals surface area contributed by atoms with Crippen LogP contribution < -0.4 is 0 Å². The van der Waals surface area contributed by atoms with Crippen LogP contribution in [0, 0.1) is 0 Å². The van der Waals surface area contributed by atoms with Crippen LogP contribution >= 0.6 is 0 Å². The summed E-state index contributed by atoms with van der Waals surface area (Å²) >= 11 is 0. The molecule has 3 rings (SSSR count). The summed E-state index contributed by atoms with van der Waals surface area (Å²) < 4.78 is 1.69. The summed E-state index contributed by atoms with van der Waals surface area (Å²) in [5.74, 6) is 0. The lowest BCUT2D eigenvalue weighted by Gasteiger charge is -2.09. The quantitative estimate of drug-likeness (QED) is 0.745. The van der Waals surface area contributed by atoms with Crippen molar-refractivity contribution in [2.75, 3.05) is 0 Å². The van der Waals surface area contributed by atoms with Crippen LogP contribution in [-0.4, -0.2) is 14.9 Å².